The maximum Gasteiger partial charge on any atom is 0.311 e. The Hall–Kier alpha value is -3.95. The molecule has 2 aromatic rings. The Morgan fingerprint density at radius 2 is 1.74 bits per heavy atom. The number of amides is 3. The molecule has 0 atom stereocenters. The largest absolute Gasteiger partial charge is 0.490 e. The molecular weight excluding hydrogens is 356 g/mol. The van der Waals surface area contributed by atoms with Crippen LogP contribution in [0.1, 0.15) is 20.7 Å². The number of rotatable bonds is 7. The SMILES string of the molecule is COc1ccc(C(=O)NCC(=O)Nc2ccc(C(N)=O)cc2)cc1[N+](=O)[O-]. The normalized spacial score (nSPS) is 9.96. The first-order valence-electron chi connectivity index (χ1n) is 7.62. The highest BCUT2D eigenvalue weighted by Crippen LogP contribution is 2.27. The maximum atomic E-state index is 12.1. The van der Waals surface area contributed by atoms with Crippen molar-refractivity contribution >= 4 is 29.1 Å². The van der Waals surface area contributed by atoms with Crippen LogP contribution in [-0.2, 0) is 4.79 Å². The van der Waals surface area contributed by atoms with Gasteiger partial charge in [-0.2, -0.15) is 0 Å². The molecule has 0 heterocycles. The van der Waals surface area contributed by atoms with Crippen LogP contribution in [0.4, 0.5) is 11.4 Å². The second-order valence-corrected chi connectivity index (χ2v) is 5.32. The van der Waals surface area contributed by atoms with Crippen molar-refractivity contribution in [1.29, 1.82) is 0 Å². The van der Waals surface area contributed by atoms with Crippen molar-refractivity contribution in [2.24, 2.45) is 5.73 Å². The van der Waals surface area contributed by atoms with Gasteiger partial charge in [0.1, 0.15) is 0 Å². The molecule has 0 aliphatic rings. The van der Waals surface area contributed by atoms with E-state index in [0.717, 1.165) is 6.07 Å². The molecule has 0 aliphatic heterocycles. The van der Waals surface area contributed by atoms with Crippen LogP contribution in [0.3, 0.4) is 0 Å². The van der Waals surface area contributed by atoms with E-state index in [0.29, 0.717) is 11.3 Å². The van der Waals surface area contributed by atoms with Crippen LogP contribution in [0.25, 0.3) is 0 Å². The van der Waals surface area contributed by atoms with E-state index in [1.54, 1.807) is 0 Å². The van der Waals surface area contributed by atoms with Crippen LogP contribution in [0, 0.1) is 10.1 Å². The zero-order valence-electron chi connectivity index (χ0n) is 14.2. The molecule has 10 heteroatoms. The van der Waals surface area contributed by atoms with E-state index in [2.05, 4.69) is 10.6 Å². The summed E-state index contributed by atoms with van der Waals surface area (Å²) in [5, 5.41) is 15.9. The summed E-state index contributed by atoms with van der Waals surface area (Å²) in [6.45, 7) is -0.351. The lowest BCUT2D eigenvalue weighted by atomic mass is 10.1. The van der Waals surface area contributed by atoms with Gasteiger partial charge in [-0.05, 0) is 36.4 Å². The number of nitrogens with zero attached hydrogens (tertiary/aromatic N) is 1. The smallest absolute Gasteiger partial charge is 0.311 e. The predicted octanol–water partition coefficient (Wildman–Crippen LogP) is 1.07. The number of benzene rings is 2. The maximum absolute atomic E-state index is 12.1. The molecule has 3 amide bonds. The molecule has 0 unspecified atom stereocenters. The van der Waals surface area contributed by atoms with E-state index in [-0.39, 0.29) is 23.5 Å². The number of nitro groups is 1. The molecular formula is C17H16N4O6. The van der Waals surface area contributed by atoms with Gasteiger partial charge in [0.15, 0.2) is 5.75 Å². The molecule has 2 aromatic carbocycles. The zero-order chi connectivity index (χ0) is 20.0. The number of hydrogen-bond donors (Lipinski definition) is 3. The van der Waals surface area contributed by atoms with Gasteiger partial charge in [-0.25, -0.2) is 0 Å². The van der Waals surface area contributed by atoms with Crippen molar-refractivity contribution in [2.45, 2.75) is 0 Å². The third-order valence-electron chi connectivity index (χ3n) is 3.50. The molecule has 0 spiro atoms. The van der Waals surface area contributed by atoms with Gasteiger partial charge in [0, 0.05) is 22.9 Å². The van der Waals surface area contributed by atoms with Crippen molar-refractivity contribution < 1.29 is 24.0 Å². The highest BCUT2D eigenvalue weighted by molar-refractivity contribution is 6.00. The minimum absolute atomic E-state index is 0.0149. The van der Waals surface area contributed by atoms with Crippen LogP contribution in [-0.4, -0.2) is 36.3 Å². The van der Waals surface area contributed by atoms with Crippen molar-refractivity contribution in [3.63, 3.8) is 0 Å². The topological polar surface area (TPSA) is 154 Å². The standard InChI is InChI=1S/C17H16N4O6/c1-27-14-7-4-11(8-13(14)21(25)26)17(24)19-9-15(22)20-12-5-2-10(3-6-12)16(18)23/h2-8H,9H2,1H3,(H2,18,23)(H,19,24)(H,20,22). The van der Waals surface area contributed by atoms with Crippen LogP contribution in [0.2, 0.25) is 0 Å². The molecule has 10 nitrogen and oxygen atoms in total. The summed E-state index contributed by atoms with van der Waals surface area (Å²) in [6.07, 6.45) is 0. The van der Waals surface area contributed by atoms with Gasteiger partial charge in [0.25, 0.3) is 5.91 Å². The number of carbonyl (C=O) groups is 3. The van der Waals surface area contributed by atoms with Crippen molar-refractivity contribution in [1.82, 2.24) is 5.32 Å². The average Bonchev–Trinajstić information content (AvgIpc) is 2.65. The number of nitrogens with one attached hydrogen (secondary N) is 2. The number of nitrogens with two attached hydrogens (primary N) is 1. The van der Waals surface area contributed by atoms with E-state index in [1.807, 2.05) is 0 Å². The highest BCUT2D eigenvalue weighted by atomic mass is 16.6. The van der Waals surface area contributed by atoms with Crippen molar-refractivity contribution in [2.75, 3.05) is 19.0 Å². The minimum Gasteiger partial charge on any atom is -0.490 e. The van der Waals surface area contributed by atoms with Gasteiger partial charge in [0.05, 0.1) is 18.6 Å². The minimum atomic E-state index is -0.669. The Labute approximate surface area is 153 Å². The molecule has 4 N–H and O–H groups in total. The second-order valence-electron chi connectivity index (χ2n) is 5.32. The lowest BCUT2D eigenvalue weighted by Crippen LogP contribution is -2.32. The van der Waals surface area contributed by atoms with Crippen LogP contribution in [0.5, 0.6) is 5.75 Å². The van der Waals surface area contributed by atoms with Gasteiger partial charge in [-0.15, -0.1) is 0 Å². The molecule has 0 saturated heterocycles. The van der Waals surface area contributed by atoms with E-state index in [1.165, 1.54) is 43.5 Å². The fourth-order valence-electron chi connectivity index (χ4n) is 2.16. The quantitative estimate of drug-likeness (QED) is 0.488. The lowest BCUT2D eigenvalue weighted by Gasteiger charge is -2.08. The fourth-order valence-corrected chi connectivity index (χ4v) is 2.16. The number of carbonyl (C=O) groups excluding carboxylic acids is 3. The summed E-state index contributed by atoms with van der Waals surface area (Å²) in [4.78, 5) is 45.3. The molecule has 27 heavy (non-hydrogen) atoms. The number of nitro benzene ring substituents is 1. The molecule has 0 saturated carbocycles. The predicted molar refractivity (Wildman–Crippen MR) is 95.6 cm³/mol. The highest BCUT2D eigenvalue weighted by Gasteiger charge is 2.18. The van der Waals surface area contributed by atoms with Crippen molar-refractivity contribution in [3.05, 3.63) is 63.7 Å². The second kappa shape index (κ2) is 8.43. The van der Waals surface area contributed by atoms with Gasteiger partial charge in [-0.1, -0.05) is 0 Å². The van der Waals surface area contributed by atoms with E-state index >= 15 is 0 Å². The Kier molecular flexibility index (Phi) is 6.05. The van der Waals surface area contributed by atoms with Crippen molar-refractivity contribution in [3.8, 4) is 5.75 Å². The lowest BCUT2D eigenvalue weighted by molar-refractivity contribution is -0.385. The van der Waals surface area contributed by atoms with E-state index in [9.17, 15) is 24.5 Å². The molecule has 0 aromatic heterocycles. The summed E-state index contributed by atoms with van der Waals surface area (Å²) in [6, 6.07) is 9.60. The van der Waals surface area contributed by atoms with Gasteiger partial charge in [-0.3, -0.25) is 24.5 Å². The number of methoxy groups -OCH3 is 1. The first-order valence-corrected chi connectivity index (χ1v) is 7.62. The van der Waals surface area contributed by atoms with Crippen LogP contribution in [0.15, 0.2) is 42.5 Å². The molecule has 0 fully saturated rings. The van der Waals surface area contributed by atoms with Crippen LogP contribution < -0.4 is 21.1 Å². The Morgan fingerprint density at radius 1 is 1.11 bits per heavy atom. The molecule has 140 valence electrons. The Morgan fingerprint density at radius 3 is 2.30 bits per heavy atom. The molecule has 2 rings (SSSR count). The molecule has 0 aliphatic carbocycles. The zero-order valence-corrected chi connectivity index (χ0v) is 14.2. The summed E-state index contributed by atoms with van der Waals surface area (Å²) in [5.74, 6) is -1.74. The third kappa shape index (κ3) is 5.01. The summed E-state index contributed by atoms with van der Waals surface area (Å²) in [7, 11) is 1.28. The monoisotopic (exact) mass is 372 g/mol. The summed E-state index contributed by atoms with van der Waals surface area (Å²) < 4.78 is 4.86. The van der Waals surface area contributed by atoms with Crippen LogP contribution >= 0.6 is 0 Å². The average molecular weight is 372 g/mol. The van der Waals surface area contributed by atoms with E-state index in [4.69, 9.17) is 10.5 Å². The Balaban J connectivity index is 1.96. The number of anilines is 1. The fraction of sp³-hybridized carbons (Fsp3) is 0.118. The molecule has 0 bridgehead atoms. The number of primary amides is 1. The van der Waals surface area contributed by atoms with Gasteiger partial charge >= 0.3 is 5.69 Å². The first kappa shape index (κ1) is 19.4. The van der Waals surface area contributed by atoms with Gasteiger partial charge < -0.3 is 21.1 Å². The Bertz CT molecular complexity index is 895. The first-order chi connectivity index (χ1) is 12.8. The third-order valence-corrected chi connectivity index (χ3v) is 3.50. The summed E-state index contributed by atoms with van der Waals surface area (Å²) in [5.41, 5.74) is 5.49. The number of ether oxygens (including phenoxy) is 1. The van der Waals surface area contributed by atoms with Gasteiger partial charge in [0.2, 0.25) is 11.8 Å². The van der Waals surface area contributed by atoms with E-state index < -0.39 is 22.6 Å². The number of hydrogen-bond acceptors (Lipinski definition) is 6. The summed E-state index contributed by atoms with van der Waals surface area (Å²) >= 11 is 0. The molecule has 0 radical (unpaired) electrons.